The van der Waals surface area contributed by atoms with E-state index in [4.69, 9.17) is 4.74 Å². The molecule has 1 amide bonds. The maximum absolute atomic E-state index is 11.1. The number of carbonyl (C=O) groups is 1. The first kappa shape index (κ1) is 16.2. The summed E-state index contributed by atoms with van der Waals surface area (Å²) in [5, 5.41) is 11.8. The second kappa shape index (κ2) is 6.31. The fourth-order valence-electron chi connectivity index (χ4n) is 0.603. The van der Waals surface area contributed by atoms with E-state index in [-0.39, 0.29) is 6.54 Å². The van der Waals surface area contributed by atoms with Gasteiger partial charge in [0.25, 0.3) is 0 Å². The Balaban J connectivity index is 0. The summed E-state index contributed by atoms with van der Waals surface area (Å²) in [5.74, 6) is 0. The number of rotatable bonds is 2. The largest absolute Gasteiger partial charge is 0.444 e. The summed E-state index contributed by atoms with van der Waals surface area (Å²) in [7, 11) is 0. The van der Waals surface area contributed by atoms with Crippen molar-refractivity contribution in [3.8, 4) is 12.8 Å². The van der Waals surface area contributed by atoms with Gasteiger partial charge in [0.15, 0.2) is 0 Å². The van der Waals surface area contributed by atoms with Crippen molar-refractivity contribution >= 4 is 6.09 Å². The first-order valence-corrected chi connectivity index (χ1v) is 4.63. The van der Waals surface area contributed by atoms with Crippen molar-refractivity contribution in [1.29, 1.82) is 0 Å². The Kier molecular flexibility index (Phi) is 6.82. The lowest BCUT2D eigenvalue weighted by Gasteiger charge is -2.22. The third-order valence-electron chi connectivity index (χ3n) is 1.06. The van der Waals surface area contributed by atoms with Crippen molar-refractivity contribution in [2.75, 3.05) is 6.54 Å². The topological polar surface area (TPSA) is 58.6 Å². The molecule has 0 saturated heterocycles. The zero-order chi connectivity index (χ0) is 12.7. The Morgan fingerprint density at radius 1 is 1.27 bits per heavy atom. The standard InChI is InChI=1S/C9H19NO3.C2H2/c1-8(2,3)13-7(11)10-6-9(4,5)12;1-2/h12H,6H2,1-5H3,(H,10,11);1-2H. The van der Waals surface area contributed by atoms with Crippen molar-refractivity contribution in [2.24, 2.45) is 0 Å². The minimum atomic E-state index is -0.906. The second-order valence-corrected chi connectivity index (χ2v) is 4.67. The Labute approximate surface area is 92.0 Å². The highest BCUT2D eigenvalue weighted by atomic mass is 16.6. The summed E-state index contributed by atoms with van der Waals surface area (Å²) in [5.41, 5.74) is -1.40. The third-order valence-corrected chi connectivity index (χ3v) is 1.06. The number of ether oxygens (including phenoxy) is 1. The Bertz CT molecular complexity index is 208. The number of terminal acetylenes is 1. The van der Waals surface area contributed by atoms with Gasteiger partial charge in [0.2, 0.25) is 0 Å². The Hall–Kier alpha value is -1.21. The van der Waals surface area contributed by atoms with Gasteiger partial charge in [-0.25, -0.2) is 4.79 Å². The van der Waals surface area contributed by atoms with Crippen LogP contribution in [0.3, 0.4) is 0 Å². The average molecular weight is 215 g/mol. The van der Waals surface area contributed by atoms with Crippen LogP contribution in [-0.2, 0) is 4.74 Å². The minimum absolute atomic E-state index is 0.182. The second-order valence-electron chi connectivity index (χ2n) is 4.67. The van der Waals surface area contributed by atoms with E-state index in [1.165, 1.54) is 0 Å². The Morgan fingerprint density at radius 3 is 1.93 bits per heavy atom. The summed E-state index contributed by atoms with van der Waals surface area (Å²) in [6.07, 6.45) is 7.50. The monoisotopic (exact) mass is 215 g/mol. The maximum atomic E-state index is 11.1. The average Bonchev–Trinajstić information content (AvgIpc) is 2.00. The molecule has 4 nitrogen and oxygen atoms in total. The van der Waals surface area contributed by atoms with E-state index in [2.05, 4.69) is 18.2 Å². The highest BCUT2D eigenvalue weighted by Gasteiger charge is 2.18. The van der Waals surface area contributed by atoms with Crippen LogP contribution in [0.1, 0.15) is 34.6 Å². The molecule has 15 heavy (non-hydrogen) atoms. The van der Waals surface area contributed by atoms with E-state index in [9.17, 15) is 9.90 Å². The van der Waals surface area contributed by atoms with Crippen molar-refractivity contribution in [3.63, 3.8) is 0 Å². The number of nitrogens with one attached hydrogen (secondary N) is 1. The van der Waals surface area contributed by atoms with Crippen LogP contribution >= 0.6 is 0 Å². The van der Waals surface area contributed by atoms with Gasteiger partial charge in [0, 0.05) is 6.54 Å². The summed E-state index contributed by atoms with van der Waals surface area (Å²) in [6.45, 7) is 8.78. The predicted octanol–water partition coefficient (Wildman–Crippen LogP) is 1.53. The lowest BCUT2D eigenvalue weighted by Crippen LogP contribution is -2.40. The molecule has 0 radical (unpaired) electrons. The summed E-state index contributed by atoms with van der Waals surface area (Å²) in [4.78, 5) is 11.1. The third kappa shape index (κ3) is 15.5. The maximum Gasteiger partial charge on any atom is 0.407 e. The molecule has 0 fully saturated rings. The SMILES string of the molecule is C#C.CC(C)(O)CNC(=O)OC(C)(C)C. The van der Waals surface area contributed by atoms with Gasteiger partial charge in [-0.2, -0.15) is 0 Å². The first-order valence-electron chi connectivity index (χ1n) is 4.63. The van der Waals surface area contributed by atoms with E-state index in [0.717, 1.165) is 0 Å². The normalized spacial score (nSPS) is 10.9. The molecule has 0 spiro atoms. The molecule has 0 aliphatic heterocycles. The molecule has 0 atom stereocenters. The van der Waals surface area contributed by atoms with Gasteiger partial charge < -0.3 is 15.2 Å². The molecule has 0 unspecified atom stereocenters. The quantitative estimate of drug-likeness (QED) is 0.687. The van der Waals surface area contributed by atoms with Crippen LogP contribution in [0.15, 0.2) is 0 Å². The van der Waals surface area contributed by atoms with Crippen LogP contribution < -0.4 is 5.32 Å². The number of amides is 1. The molecule has 4 heteroatoms. The van der Waals surface area contributed by atoms with Gasteiger partial charge in [0.1, 0.15) is 5.60 Å². The van der Waals surface area contributed by atoms with Gasteiger partial charge >= 0.3 is 6.09 Å². The lowest BCUT2D eigenvalue weighted by atomic mass is 10.1. The minimum Gasteiger partial charge on any atom is -0.444 e. The number of hydrogen-bond acceptors (Lipinski definition) is 3. The van der Waals surface area contributed by atoms with Crippen LogP contribution in [0.5, 0.6) is 0 Å². The summed E-state index contributed by atoms with van der Waals surface area (Å²) < 4.78 is 4.97. The van der Waals surface area contributed by atoms with Crippen molar-refractivity contribution < 1.29 is 14.6 Å². The molecule has 0 aromatic rings. The fourth-order valence-corrected chi connectivity index (χ4v) is 0.603. The van der Waals surface area contributed by atoms with E-state index < -0.39 is 17.3 Å². The van der Waals surface area contributed by atoms with Gasteiger partial charge in [-0.15, -0.1) is 12.8 Å². The van der Waals surface area contributed by atoms with E-state index >= 15 is 0 Å². The molecular weight excluding hydrogens is 194 g/mol. The van der Waals surface area contributed by atoms with E-state index in [1.807, 2.05) is 0 Å². The molecule has 0 aliphatic rings. The molecule has 0 aliphatic carbocycles. The van der Waals surface area contributed by atoms with Crippen LogP contribution in [-0.4, -0.2) is 28.9 Å². The molecule has 88 valence electrons. The van der Waals surface area contributed by atoms with E-state index in [1.54, 1.807) is 34.6 Å². The molecular formula is C11H21NO3. The number of aliphatic hydroxyl groups is 1. The highest BCUT2D eigenvalue weighted by molar-refractivity contribution is 5.67. The number of carbonyl (C=O) groups excluding carboxylic acids is 1. The first-order chi connectivity index (χ1) is 6.60. The van der Waals surface area contributed by atoms with Gasteiger partial charge in [0.05, 0.1) is 5.60 Å². The lowest BCUT2D eigenvalue weighted by molar-refractivity contribution is 0.0393. The molecule has 0 saturated carbocycles. The van der Waals surface area contributed by atoms with Crippen molar-refractivity contribution in [3.05, 3.63) is 0 Å². The molecule has 0 heterocycles. The van der Waals surface area contributed by atoms with Crippen LogP contribution in [0.4, 0.5) is 4.79 Å². The predicted molar refractivity (Wildman–Crippen MR) is 60.4 cm³/mol. The highest BCUT2D eigenvalue weighted by Crippen LogP contribution is 2.06. The van der Waals surface area contributed by atoms with Crippen molar-refractivity contribution in [1.82, 2.24) is 5.32 Å². The summed E-state index contributed by atoms with van der Waals surface area (Å²) in [6, 6.07) is 0. The molecule has 2 N–H and O–H groups in total. The molecule has 0 bridgehead atoms. The van der Waals surface area contributed by atoms with Gasteiger partial charge in [-0.3, -0.25) is 0 Å². The van der Waals surface area contributed by atoms with Gasteiger partial charge in [-0.1, -0.05) is 0 Å². The molecule has 0 aromatic carbocycles. The van der Waals surface area contributed by atoms with Crippen molar-refractivity contribution in [2.45, 2.75) is 45.8 Å². The smallest absolute Gasteiger partial charge is 0.407 e. The molecule has 0 rings (SSSR count). The van der Waals surface area contributed by atoms with Gasteiger partial charge in [-0.05, 0) is 34.6 Å². The van der Waals surface area contributed by atoms with Crippen LogP contribution in [0.25, 0.3) is 0 Å². The zero-order valence-electron chi connectivity index (χ0n) is 10.1. The Morgan fingerprint density at radius 2 is 1.67 bits per heavy atom. The number of hydrogen-bond donors (Lipinski definition) is 2. The molecule has 0 aromatic heterocycles. The van der Waals surface area contributed by atoms with Crippen LogP contribution in [0.2, 0.25) is 0 Å². The fraction of sp³-hybridized carbons (Fsp3) is 0.727. The van der Waals surface area contributed by atoms with Crippen LogP contribution in [0, 0.1) is 12.8 Å². The summed E-state index contributed by atoms with van der Waals surface area (Å²) >= 11 is 0. The number of alkyl carbamates (subject to hydrolysis) is 1. The zero-order valence-corrected chi connectivity index (χ0v) is 10.1. The van der Waals surface area contributed by atoms with E-state index in [0.29, 0.717) is 0 Å².